The van der Waals surface area contributed by atoms with Crippen LogP contribution in [-0.2, 0) is 36.9 Å². The summed E-state index contributed by atoms with van der Waals surface area (Å²) in [6.45, 7) is -0.570. The predicted molar refractivity (Wildman–Crippen MR) is 209 cm³/mol. The zero-order valence-corrected chi connectivity index (χ0v) is 33.2. The van der Waals surface area contributed by atoms with E-state index in [9.17, 15) is 41.0 Å². The number of rotatable bonds is 9. The molecule has 2 N–H and O–H groups in total. The average Bonchev–Trinajstić information content (AvgIpc) is 3.60. The van der Waals surface area contributed by atoms with Gasteiger partial charge in [-0.2, -0.15) is 31.4 Å². The van der Waals surface area contributed by atoms with E-state index in [0.29, 0.717) is 39.5 Å². The average molecular weight is 889 g/mol. The third kappa shape index (κ3) is 6.88. The molecule has 0 bridgehead atoms. The van der Waals surface area contributed by atoms with Crippen LogP contribution in [0.2, 0.25) is 10.0 Å². The number of carbonyl (C=O) groups excluding carboxylic acids is 4. The second-order valence-corrected chi connectivity index (χ2v) is 15.9. The maximum absolute atomic E-state index is 15.5. The molecular weight excluding hydrogens is 855 g/mol. The molecule has 6 unspecified atom stereocenters. The van der Waals surface area contributed by atoms with E-state index in [4.69, 9.17) is 32.7 Å². The van der Waals surface area contributed by atoms with Crippen molar-refractivity contribution >= 4 is 58.2 Å². The molecule has 0 aromatic heterocycles. The normalized spacial score (nSPS) is 25.0. The topological polar surface area (TPSA) is 125 Å². The van der Waals surface area contributed by atoms with Crippen LogP contribution in [-0.4, -0.2) is 54.1 Å². The summed E-state index contributed by atoms with van der Waals surface area (Å²) in [5.74, 6) is -9.04. The van der Waals surface area contributed by atoms with Gasteiger partial charge in [0, 0.05) is 16.5 Å². The number of ether oxygens (including phenoxy) is 2. The van der Waals surface area contributed by atoms with Gasteiger partial charge in [0.2, 0.25) is 11.8 Å². The smallest absolute Gasteiger partial charge is 0.416 e. The molecule has 4 amide bonds. The Balaban J connectivity index is 1.33. The third-order valence-electron chi connectivity index (χ3n) is 12.0. The van der Waals surface area contributed by atoms with Crippen LogP contribution >= 0.6 is 23.2 Å². The lowest BCUT2D eigenvalue weighted by molar-refractivity contribution is -0.143. The summed E-state index contributed by atoms with van der Waals surface area (Å²) in [6.07, 6.45) is -9.31. The van der Waals surface area contributed by atoms with Gasteiger partial charge in [0.05, 0.1) is 64.4 Å². The van der Waals surface area contributed by atoms with Gasteiger partial charge < -0.3 is 14.6 Å². The molecule has 1 saturated carbocycles. The Hall–Kier alpha value is -5.58. The van der Waals surface area contributed by atoms with E-state index in [1.807, 2.05) is 0 Å². The van der Waals surface area contributed by atoms with Gasteiger partial charge in [-0.25, -0.2) is 4.90 Å². The minimum absolute atomic E-state index is 0.0680. The number of carbonyl (C=O) groups is 4. The van der Waals surface area contributed by atoms with Crippen molar-refractivity contribution < 1.29 is 60.1 Å². The fraction of sp³-hybridized carbons (Fsp3) is 0.302. The Kier molecular flexibility index (Phi) is 10.6. The molecule has 4 aromatic rings. The number of allylic oxidation sites excluding steroid dienone is 2. The van der Waals surface area contributed by atoms with Crippen molar-refractivity contribution in [3.63, 3.8) is 0 Å². The maximum atomic E-state index is 15.5. The lowest BCUT2D eigenvalue weighted by Gasteiger charge is -2.50. The first-order valence-electron chi connectivity index (χ1n) is 18.9. The summed E-state index contributed by atoms with van der Waals surface area (Å²) in [5, 5.41) is 10.9. The van der Waals surface area contributed by atoms with Crippen LogP contribution in [0.5, 0.6) is 11.5 Å². The number of nitrogens with zero attached hydrogens (tertiary/aromatic N) is 2. The van der Waals surface area contributed by atoms with Crippen LogP contribution < -0.4 is 19.8 Å². The van der Waals surface area contributed by atoms with Gasteiger partial charge in [0.1, 0.15) is 18.1 Å². The molecule has 4 aliphatic rings. The molecular formula is C43H33Cl2F6N3O7. The van der Waals surface area contributed by atoms with E-state index < -0.39 is 94.4 Å². The second kappa shape index (κ2) is 15.4. The van der Waals surface area contributed by atoms with Crippen LogP contribution in [0.3, 0.4) is 0 Å². The standard InChI is InChI=1S/C43H33Cl2F6N3O7/c1-60-26-9-6-21(7-10-26)41-31(38(57)54(40(41)59)52-33-13-8-24(44)19-32(33)45)20-30-27(36(41)28-4-2-3-5-34(28)61-15-14-55)11-12-29-35(30)39(58)53(37(29)56)25-17-22(42(46,47)48)16-23(18-25)43(49,50)51/h2-11,13,16-19,29-31,35-36,52,55H,12,14-15,20H2,1H3. The van der Waals surface area contributed by atoms with Crippen molar-refractivity contribution in [2.45, 2.75) is 36.5 Å². The summed E-state index contributed by atoms with van der Waals surface area (Å²) < 4.78 is 95.4. The van der Waals surface area contributed by atoms with E-state index in [2.05, 4.69) is 5.43 Å². The number of alkyl halides is 6. The molecule has 318 valence electrons. The van der Waals surface area contributed by atoms with Gasteiger partial charge in [0.15, 0.2) is 0 Å². The number of fused-ring (bicyclic) bond motifs is 4. The highest BCUT2D eigenvalue weighted by Gasteiger charge is 2.71. The lowest BCUT2D eigenvalue weighted by Crippen LogP contribution is -2.53. The molecule has 0 radical (unpaired) electrons. The molecule has 61 heavy (non-hydrogen) atoms. The van der Waals surface area contributed by atoms with Crippen LogP contribution in [0.15, 0.2) is 96.6 Å². The minimum Gasteiger partial charge on any atom is -0.497 e. The van der Waals surface area contributed by atoms with Crippen molar-refractivity contribution in [3.05, 3.63) is 129 Å². The summed E-state index contributed by atoms with van der Waals surface area (Å²) >= 11 is 12.6. The number of methoxy groups -OCH3 is 1. The Bertz CT molecular complexity index is 2460. The molecule has 0 spiro atoms. The van der Waals surface area contributed by atoms with Gasteiger partial charge >= 0.3 is 12.4 Å². The van der Waals surface area contributed by atoms with Crippen molar-refractivity contribution in [1.29, 1.82) is 0 Å². The molecule has 2 saturated heterocycles. The number of hydrogen-bond donors (Lipinski definition) is 2. The van der Waals surface area contributed by atoms with E-state index in [1.54, 1.807) is 54.6 Å². The zero-order chi connectivity index (χ0) is 43.8. The fourth-order valence-electron chi connectivity index (χ4n) is 9.52. The number of anilines is 2. The lowest BCUT2D eigenvalue weighted by atomic mass is 9.49. The highest BCUT2D eigenvalue weighted by molar-refractivity contribution is 6.36. The number of hydrazine groups is 1. The van der Waals surface area contributed by atoms with E-state index in [-0.39, 0.29) is 47.0 Å². The molecule has 6 atom stereocenters. The largest absolute Gasteiger partial charge is 0.497 e. The quantitative estimate of drug-likeness (QED) is 0.0974. The molecule has 18 heteroatoms. The van der Waals surface area contributed by atoms with Gasteiger partial charge in [-0.15, -0.1) is 0 Å². The van der Waals surface area contributed by atoms with Gasteiger partial charge in [-0.3, -0.25) is 24.6 Å². The van der Waals surface area contributed by atoms with Crippen molar-refractivity contribution in [2.24, 2.45) is 23.7 Å². The first kappa shape index (κ1) is 42.1. The van der Waals surface area contributed by atoms with Crippen LogP contribution in [0.1, 0.15) is 41.0 Å². The van der Waals surface area contributed by atoms with Gasteiger partial charge in [-0.1, -0.05) is 65.2 Å². The highest BCUT2D eigenvalue weighted by atomic mass is 35.5. The molecule has 8 rings (SSSR count). The Morgan fingerprint density at radius 2 is 1.51 bits per heavy atom. The maximum Gasteiger partial charge on any atom is 0.416 e. The number of nitrogens with one attached hydrogen (secondary N) is 1. The van der Waals surface area contributed by atoms with Gasteiger partial charge in [0.25, 0.3) is 11.8 Å². The van der Waals surface area contributed by atoms with E-state index in [1.165, 1.54) is 25.3 Å². The summed E-state index contributed by atoms with van der Waals surface area (Å²) in [4.78, 5) is 59.7. The number of halogens is 8. The first-order chi connectivity index (χ1) is 28.9. The Labute approximate surface area is 353 Å². The fourth-order valence-corrected chi connectivity index (χ4v) is 9.97. The highest BCUT2D eigenvalue weighted by Crippen LogP contribution is 2.65. The number of imide groups is 2. The molecule has 2 heterocycles. The number of aliphatic hydroxyl groups excluding tert-OH is 1. The second-order valence-electron chi connectivity index (χ2n) is 15.1. The molecule has 4 aromatic carbocycles. The summed E-state index contributed by atoms with van der Waals surface area (Å²) in [7, 11) is 1.44. The first-order valence-corrected chi connectivity index (χ1v) is 19.6. The Morgan fingerprint density at radius 1 is 0.836 bits per heavy atom. The van der Waals surface area contributed by atoms with Crippen molar-refractivity contribution in [3.8, 4) is 11.5 Å². The molecule has 3 fully saturated rings. The van der Waals surface area contributed by atoms with E-state index >= 15 is 9.59 Å². The zero-order valence-electron chi connectivity index (χ0n) is 31.7. The van der Waals surface area contributed by atoms with Crippen molar-refractivity contribution in [2.75, 3.05) is 30.6 Å². The molecule has 2 aliphatic carbocycles. The molecule has 10 nitrogen and oxygen atoms in total. The van der Waals surface area contributed by atoms with Crippen LogP contribution in [0.4, 0.5) is 37.7 Å². The van der Waals surface area contributed by atoms with Crippen molar-refractivity contribution in [1.82, 2.24) is 5.01 Å². The predicted octanol–water partition coefficient (Wildman–Crippen LogP) is 8.60. The summed E-state index contributed by atoms with van der Waals surface area (Å²) in [5.41, 5.74) is -2.02. The number of hydrogen-bond acceptors (Lipinski definition) is 8. The number of amides is 4. The number of aliphatic hydroxyl groups is 1. The third-order valence-corrected chi connectivity index (χ3v) is 12.5. The minimum atomic E-state index is -5.26. The SMILES string of the molecule is COc1ccc(C23C(=O)N(Nc4ccc(Cl)cc4Cl)C(=O)C2CC2C(=CCC4C(=O)N(c5cc(C(F)(F)F)cc(C(F)(F)F)c5)C(=O)C42)C3c2ccccc2OCCO)cc1. The van der Waals surface area contributed by atoms with Gasteiger partial charge in [-0.05, 0) is 78.9 Å². The van der Waals surface area contributed by atoms with Crippen LogP contribution in [0.25, 0.3) is 0 Å². The van der Waals surface area contributed by atoms with Crippen LogP contribution in [0, 0.1) is 23.7 Å². The van der Waals surface area contributed by atoms with E-state index in [0.717, 1.165) is 5.01 Å². The monoisotopic (exact) mass is 887 g/mol. The number of benzene rings is 4. The number of para-hydroxylation sites is 1. The Morgan fingerprint density at radius 3 is 2.13 bits per heavy atom. The summed E-state index contributed by atoms with van der Waals surface area (Å²) in [6, 6.07) is 18.0. The molecule has 2 aliphatic heterocycles.